The Balaban J connectivity index is 0. The summed E-state index contributed by atoms with van der Waals surface area (Å²) in [5.41, 5.74) is 0. The summed E-state index contributed by atoms with van der Waals surface area (Å²) in [5, 5.41) is 0. The molecule has 2 aromatic rings. The average Bonchev–Trinajstić information content (AvgIpc) is 2.92. The van der Waals surface area contributed by atoms with Crippen LogP contribution in [0.4, 0.5) is 0 Å². The van der Waals surface area contributed by atoms with Gasteiger partial charge in [0, 0.05) is 0 Å². The van der Waals surface area contributed by atoms with E-state index in [4.69, 9.17) is 0 Å². The van der Waals surface area contributed by atoms with Gasteiger partial charge in [0.15, 0.2) is 0 Å². The Hall–Kier alpha value is -0.0505. The molecule has 2 heteroatoms. The second kappa shape index (κ2) is 14.9. The third-order valence-corrected chi connectivity index (χ3v) is 2.40. The zero-order valence-corrected chi connectivity index (χ0v) is 13.1. The van der Waals surface area contributed by atoms with Crippen LogP contribution in [-0.2, 0) is 17.1 Å². The molecule has 0 N–H and O–H groups in total. The molecular formula is C14H19FeI. The summed E-state index contributed by atoms with van der Waals surface area (Å²) in [5.74, 6) is 0. The molecule has 0 amide bonds. The van der Waals surface area contributed by atoms with Crippen LogP contribution in [0.1, 0.15) is 26.7 Å². The second-order valence-corrected chi connectivity index (χ2v) is 4.31. The number of hydrogen-bond donors (Lipinski definition) is 0. The number of rotatable bonds is 1. The molecule has 0 aliphatic rings. The van der Waals surface area contributed by atoms with Crippen molar-refractivity contribution in [1.82, 2.24) is 0 Å². The molecule has 0 aliphatic carbocycles. The Morgan fingerprint density at radius 3 is 1.69 bits per heavy atom. The van der Waals surface area contributed by atoms with Crippen molar-refractivity contribution in [2.45, 2.75) is 26.7 Å². The van der Waals surface area contributed by atoms with Crippen LogP contribution < -0.4 is 0 Å². The van der Waals surface area contributed by atoms with Gasteiger partial charge >= 0.3 is 17.1 Å². The maximum Gasteiger partial charge on any atom is 2.00 e. The van der Waals surface area contributed by atoms with Gasteiger partial charge in [-0.1, -0.05) is 49.3 Å². The predicted molar refractivity (Wildman–Crippen MR) is 77.4 cm³/mol. The minimum Gasteiger partial charge on any atom is -0.214 e. The standard InChI is InChI=1S/C5H4I.C5H5.C4H10.Fe/c6-5-3-1-2-4-5;1-2-4-5-3-1;1-3-4-2;/h1-4H;1-5H;3-4H2,1-2H3;/q2*-1;;+2. The largest absolute Gasteiger partial charge is 2.00 e. The van der Waals surface area contributed by atoms with Crippen LogP contribution in [0.15, 0.2) is 54.6 Å². The van der Waals surface area contributed by atoms with Gasteiger partial charge < -0.3 is 0 Å². The van der Waals surface area contributed by atoms with E-state index in [-0.39, 0.29) is 17.1 Å². The van der Waals surface area contributed by atoms with Crippen LogP contribution in [0, 0.1) is 3.57 Å². The van der Waals surface area contributed by atoms with Crippen molar-refractivity contribution in [2.75, 3.05) is 0 Å². The van der Waals surface area contributed by atoms with Crippen molar-refractivity contribution >= 4 is 22.6 Å². The summed E-state index contributed by atoms with van der Waals surface area (Å²) in [6.07, 6.45) is 2.64. The zero-order valence-electron chi connectivity index (χ0n) is 9.84. The Kier molecular flexibility index (Phi) is 17.1. The van der Waals surface area contributed by atoms with Gasteiger partial charge in [0.25, 0.3) is 0 Å². The van der Waals surface area contributed by atoms with E-state index in [0.29, 0.717) is 0 Å². The van der Waals surface area contributed by atoms with Crippen molar-refractivity contribution in [3.63, 3.8) is 0 Å². The number of hydrogen-bond acceptors (Lipinski definition) is 0. The van der Waals surface area contributed by atoms with E-state index < -0.39 is 0 Å². The average molecular weight is 370 g/mol. The minimum atomic E-state index is 0. The Morgan fingerprint density at radius 2 is 1.56 bits per heavy atom. The van der Waals surface area contributed by atoms with E-state index in [0.717, 1.165) is 0 Å². The number of unbranched alkanes of at least 4 members (excludes halogenated alkanes) is 1. The van der Waals surface area contributed by atoms with Crippen LogP contribution in [0.25, 0.3) is 0 Å². The first-order valence-electron chi connectivity index (χ1n) is 5.35. The van der Waals surface area contributed by atoms with Gasteiger partial charge in [-0.3, -0.25) is 0 Å². The van der Waals surface area contributed by atoms with Crippen molar-refractivity contribution in [3.05, 3.63) is 58.2 Å². The maximum atomic E-state index is 2.28. The smallest absolute Gasteiger partial charge is 0.214 e. The molecule has 2 aromatic carbocycles. The molecule has 90 valence electrons. The predicted octanol–water partition coefficient (Wildman–Crippen LogP) is 5.22. The Morgan fingerprint density at radius 1 is 1.00 bits per heavy atom. The maximum absolute atomic E-state index is 2.28. The molecule has 0 unspecified atom stereocenters. The van der Waals surface area contributed by atoms with E-state index in [2.05, 4.69) is 48.6 Å². The van der Waals surface area contributed by atoms with Crippen molar-refractivity contribution < 1.29 is 17.1 Å². The van der Waals surface area contributed by atoms with Gasteiger partial charge in [-0.25, -0.2) is 24.3 Å². The zero-order chi connectivity index (χ0) is 11.4. The molecule has 0 radical (unpaired) electrons. The fourth-order valence-corrected chi connectivity index (χ4v) is 1.09. The summed E-state index contributed by atoms with van der Waals surface area (Å²) in [7, 11) is 0. The molecule has 0 fully saturated rings. The molecule has 0 nitrogen and oxygen atoms in total. The summed E-state index contributed by atoms with van der Waals surface area (Å²) < 4.78 is 1.31. The molecule has 0 heterocycles. The molecule has 0 atom stereocenters. The first-order chi connectivity index (χ1) is 7.31. The van der Waals surface area contributed by atoms with Crippen molar-refractivity contribution in [2.24, 2.45) is 0 Å². The quantitative estimate of drug-likeness (QED) is 0.367. The number of halogens is 1. The fourth-order valence-electron chi connectivity index (χ4n) is 0.671. The molecule has 0 aliphatic heterocycles. The normalized spacial score (nSPS) is 7.69. The molecule has 2 rings (SSSR count). The summed E-state index contributed by atoms with van der Waals surface area (Å²) in [6.45, 7) is 4.36. The van der Waals surface area contributed by atoms with E-state index in [1.54, 1.807) is 0 Å². The molecule has 0 saturated carbocycles. The molecule has 0 aromatic heterocycles. The van der Waals surface area contributed by atoms with Gasteiger partial charge in [-0.15, -0.1) is 3.57 Å². The minimum absolute atomic E-state index is 0. The Bertz CT molecular complexity index is 252. The van der Waals surface area contributed by atoms with Crippen LogP contribution in [-0.4, -0.2) is 0 Å². The third-order valence-electron chi connectivity index (χ3n) is 1.68. The summed E-state index contributed by atoms with van der Waals surface area (Å²) in [6, 6.07) is 18.2. The summed E-state index contributed by atoms with van der Waals surface area (Å²) >= 11 is 2.28. The van der Waals surface area contributed by atoms with Crippen molar-refractivity contribution in [1.29, 1.82) is 0 Å². The first kappa shape index (κ1) is 18.3. The van der Waals surface area contributed by atoms with E-state index in [9.17, 15) is 0 Å². The van der Waals surface area contributed by atoms with Crippen LogP contribution in [0.2, 0.25) is 0 Å². The van der Waals surface area contributed by atoms with Gasteiger partial charge in [0.1, 0.15) is 0 Å². The van der Waals surface area contributed by atoms with E-state index >= 15 is 0 Å². The SMILES string of the molecule is CCCC.Ic1ccc[cH-]1.[Fe+2].c1cc[cH-]c1. The van der Waals surface area contributed by atoms with Gasteiger partial charge in [0.05, 0.1) is 0 Å². The monoisotopic (exact) mass is 370 g/mol. The molecular weight excluding hydrogens is 351 g/mol. The summed E-state index contributed by atoms with van der Waals surface area (Å²) in [4.78, 5) is 0. The molecule has 0 bridgehead atoms. The first-order valence-corrected chi connectivity index (χ1v) is 6.43. The second-order valence-electron chi connectivity index (χ2n) is 3.07. The molecule has 0 spiro atoms. The van der Waals surface area contributed by atoms with Crippen LogP contribution in [0.3, 0.4) is 0 Å². The Labute approximate surface area is 124 Å². The molecule has 0 saturated heterocycles. The fraction of sp³-hybridized carbons (Fsp3) is 0.286. The van der Waals surface area contributed by atoms with Gasteiger partial charge in [-0.05, 0) is 0 Å². The van der Waals surface area contributed by atoms with Gasteiger partial charge in [0.2, 0.25) is 0 Å². The van der Waals surface area contributed by atoms with Crippen LogP contribution >= 0.6 is 22.6 Å². The third kappa shape index (κ3) is 13.9. The van der Waals surface area contributed by atoms with E-state index in [1.165, 1.54) is 16.4 Å². The van der Waals surface area contributed by atoms with Gasteiger partial charge in [-0.2, -0.15) is 30.3 Å². The molecule has 16 heavy (non-hydrogen) atoms. The van der Waals surface area contributed by atoms with E-state index in [1.807, 2.05) is 42.5 Å². The van der Waals surface area contributed by atoms with Crippen molar-refractivity contribution in [3.8, 4) is 0 Å². The topological polar surface area (TPSA) is 0 Å². The van der Waals surface area contributed by atoms with Crippen LogP contribution in [0.5, 0.6) is 0 Å².